The lowest BCUT2D eigenvalue weighted by atomic mass is 10.0. The van der Waals surface area contributed by atoms with Crippen molar-refractivity contribution < 1.29 is 9.47 Å². The lowest BCUT2D eigenvalue weighted by Crippen LogP contribution is -2.39. The van der Waals surface area contributed by atoms with Crippen molar-refractivity contribution in [2.24, 2.45) is 10.9 Å². The second-order valence-corrected chi connectivity index (χ2v) is 8.57. The van der Waals surface area contributed by atoms with Crippen LogP contribution in [0.5, 0.6) is 0 Å². The van der Waals surface area contributed by atoms with Crippen LogP contribution in [0.2, 0.25) is 0 Å². The summed E-state index contributed by atoms with van der Waals surface area (Å²) in [6.07, 6.45) is 3.25. The van der Waals surface area contributed by atoms with E-state index in [2.05, 4.69) is 50.3 Å². The molecule has 1 aromatic heterocycles. The summed E-state index contributed by atoms with van der Waals surface area (Å²) in [5, 5.41) is 3.40. The second-order valence-electron chi connectivity index (χ2n) is 6.02. The van der Waals surface area contributed by atoms with Crippen LogP contribution in [0, 0.1) is 5.92 Å². The Hall–Kier alpha value is 0.1000. The van der Waals surface area contributed by atoms with Crippen LogP contribution >= 0.6 is 51.2 Å². The van der Waals surface area contributed by atoms with Crippen LogP contribution in [0.4, 0.5) is 0 Å². The molecule has 1 N–H and O–H groups in total. The van der Waals surface area contributed by atoms with Crippen LogP contribution in [0.1, 0.15) is 24.1 Å². The molecule has 1 saturated heterocycles. The van der Waals surface area contributed by atoms with E-state index in [1.165, 1.54) is 4.88 Å². The van der Waals surface area contributed by atoms with Crippen molar-refractivity contribution in [2.75, 3.05) is 47.1 Å². The highest BCUT2D eigenvalue weighted by molar-refractivity contribution is 14.0. The van der Waals surface area contributed by atoms with E-state index in [1.807, 2.05) is 7.05 Å². The number of guanidine groups is 1. The number of nitrogens with one attached hydrogen (secondary N) is 1. The molecule has 0 atom stereocenters. The standard InChI is InChI=1S/C17H28BrN3O2S.HI/c1-19-17(21(2)12-15-4-5-16(18)24-15)20-8-3-9-23-13-14-6-10-22-11-7-14;/h4-5,14H,3,6-13H2,1-2H3,(H,19,20);1H. The summed E-state index contributed by atoms with van der Waals surface area (Å²) in [6, 6.07) is 4.22. The van der Waals surface area contributed by atoms with Crippen LogP contribution in [0.25, 0.3) is 0 Å². The molecule has 0 bridgehead atoms. The number of hydrogen-bond donors (Lipinski definition) is 1. The van der Waals surface area contributed by atoms with Crippen molar-refractivity contribution in [3.05, 3.63) is 20.8 Å². The van der Waals surface area contributed by atoms with E-state index in [0.29, 0.717) is 5.92 Å². The number of nitrogens with zero attached hydrogens (tertiary/aromatic N) is 2. The van der Waals surface area contributed by atoms with Crippen molar-refractivity contribution in [1.29, 1.82) is 0 Å². The number of halogens is 2. The molecule has 8 heteroatoms. The van der Waals surface area contributed by atoms with Crippen LogP contribution in [0.15, 0.2) is 20.9 Å². The van der Waals surface area contributed by atoms with Gasteiger partial charge in [0.2, 0.25) is 0 Å². The highest BCUT2D eigenvalue weighted by Gasteiger charge is 2.13. The predicted molar refractivity (Wildman–Crippen MR) is 119 cm³/mol. The third kappa shape index (κ3) is 9.03. The number of thiophene rings is 1. The maximum atomic E-state index is 5.79. The maximum Gasteiger partial charge on any atom is 0.193 e. The molecule has 25 heavy (non-hydrogen) atoms. The van der Waals surface area contributed by atoms with Crippen molar-refractivity contribution in [2.45, 2.75) is 25.8 Å². The molecule has 1 aliphatic rings. The zero-order valence-electron chi connectivity index (χ0n) is 15.0. The molecule has 2 rings (SSSR count). The van der Waals surface area contributed by atoms with Gasteiger partial charge in [0.25, 0.3) is 0 Å². The van der Waals surface area contributed by atoms with Gasteiger partial charge in [-0.15, -0.1) is 35.3 Å². The van der Waals surface area contributed by atoms with Crippen molar-refractivity contribution in [3.8, 4) is 0 Å². The summed E-state index contributed by atoms with van der Waals surface area (Å²) in [6.45, 7) is 5.17. The third-order valence-corrected chi connectivity index (χ3v) is 5.65. The Bertz CT molecular complexity index is 510. The molecule has 2 heterocycles. The van der Waals surface area contributed by atoms with Gasteiger partial charge in [-0.1, -0.05) is 0 Å². The first kappa shape index (κ1) is 23.1. The maximum absolute atomic E-state index is 5.79. The van der Waals surface area contributed by atoms with E-state index >= 15 is 0 Å². The van der Waals surface area contributed by atoms with Gasteiger partial charge in [0.05, 0.1) is 10.3 Å². The largest absolute Gasteiger partial charge is 0.381 e. The Morgan fingerprint density at radius 2 is 2.20 bits per heavy atom. The summed E-state index contributed by atoms with van der Waals surface area (Å²) in [5.74, 6) is 1.60. The van der Waals surface area contributed by atoms with E-state index in [0.717, 1.165) is 68.5 Å². The van der Waals surface area contributed by atoms with Crippen LogP contribution in [-0.4, -0.2) is 57.9 Å². The minimum Gasteiger partial charge on any atom is -0.381 e. The SMILES string of the molecule is CN=C(NCCCOCC1CCOCC1)N(C)Cc1ccc(Br)s1.I. The summed E-state index contributed by atoms with van der Waals surface area (Å²) >= 11 is 5.26. The predicted octanol–water partition coefficient (Wildman–Crippen LogP) is 3.97. The Labute approximate surface area is 180 Å². The summed E-state index contributed by atoms with van der Waals surface area (Å²) in [4.78, 5) is 7.80. The van der Waals surface area contributed by atoms with E-state index in [4.69, 9.17) is 9.47 Å². The van der Waals surface area contributed by atoms with E-state index in [1.54, 1.807) is 11.3 Å². The average molecular weight is 546 g/mol. The number of ether oxygens (including phenoxy) is 2. The molecular weight excluding hydrogens is 517 g/mol. The summed E-state index contributed by atoms with van der Waals surface area (Å²) in [5.41, 5.74) is 0. The zero-order chi connectivity index (χ0) is 17.2. The van der Waals surface area contributed by atoms with Crippen LogP contribution in [0.3, 0.4) is 0 Å². The topological polar surface area (TPSA) is 46.1 Å². The van der Waals surface area contributed by atoms with E-state index in [9.17, 15) is 0 Å². The average Bonchev–Trinajstić information content (AvgIpc) is 3.00. The Kier molecular flexibility index (Phi) is 12.3. The van der Waals surface area contributed by atoms with Gasteiger partial charge >= 0.3 is 0 Å². The first-order valence-corrected chi connectivity index (χ1v) is 10.1. The number of rotatable bonds is 8. The highest BCUT2D eigenvalue weighted by Crippen LogP contribution is 2.22. The fraction of sp³-hybridized carbons (Fsp3) is 0.706. The minimum atomic E-state index is 0. The smallest absolute Gasteiger partial charge is 0.193 e. The van der Waals surface area contributed by atoms with Gasteiger partial charge < -0.3 is 19.7 Å². The number of aliphatic imine (C=N–C) groups is 1. The number of hydrogen-bond acceptors (Lipinski definition) is 4. The van der Waals surface area contributed by atoms with Crippen LogP contribution < -0.4 is 5.32 Å². The minimum absolute atomic E-state index is 0. The third-order valence-electron chi connectivity index (χ3n) is 4.04. The van der Waals surface area contributed by atoms with Gasteiger partial charge in [-0.05, 0) is 53.2 Å². The quantitative estimate of drug-likeness (QED) is 0.232. The molecule has 0 aliphatic carbocycles. The van der Waals surface area contributed by atoms with Gasteiger partial charge in [-0.25, -0.2) is 0 Å². The normalized spacial score (nSPS) is 15.7. The van der Waals surface area contributed by atoms with Gasteiger partial charge in [-0.2, -0.15) is 0 Å². The van der Waals surface area contributed by atoms with Gasteiger partial charge in [0.1, 0.15) is 0 Å². The van der Waals surface area contributed by atoms with Crippen molar-refractivity contribution >= 4 is 57.2 Å². The lowest BCUT2D eigenvalue weighted by molar-refractivity contribution is 0.0203. The monoisotopic (exact) mass is 545 g/mol. The van der Waals surface area contributed by atoms with Crippen molar-refractivity contribution in [3.63, 3.8) is 0 Å². The first-order chi connectivity index (χ1) is 11.7. The fourth-order valence-corrected chi connectivity index (χ4v) is 4.20. The summed E-state index contributed by atoms with van der Waals surface area (Å²) < 4.78 is 12.3. The molecule has 0 radical (unpaired) electrons. The lowest BCUT2D eigenvalue weighted by Gasteiger charge is -2.22. The van der Waals surface area contributed by atoms with E-state index in [-0.39, 0.29) is 24.0 Å². The van der Waals surface area contributed by atoms with Gasteiger partial charge in [0, 0.05) is 51.9 Å². The molecule has 0 spiro atoms. The first-order valence-electron chi connectivity index (χ1n) is 8.50. The molecule has 0 unspecified atom stereocenters. The van der Waals surface area contributed by atoms with Crippen molar-refractivity contribution in [1.82, 2.24) is 10.2 Å². The zero-order valence-corrected chi connectivity index (χ0v) is 19.7. The van der Waals surface area contributed by atoms with E-state index < -0.39 is 0 Å². The second kappa shape index (κ2) is 13.3. The van der Waals surface area contributed by atoms with Gasteiger partial charge in [0.15, 0.2) is 5.96 Å². The molecular formula is C17H29BrIN3O2S. The molecule has 144 valence electrons. The molecule has 0 saturated carbocycles. The highest BCUT2D eigenvalue weighted by atomic mass is 127. The molecule has 1 fully saturated rings. The van der Waals surface area contributed by atoms with Crippen LogP contribution in [-0.2, 0) is 16.0 Å². The fourth-order valence-electron chi connectivity index (χ4n) is 2.67. The Balaban J connectivity index is 0.00000312. The molecule has 1 aliphatic heterocycles. The molecule has 0 amide bonds. The van der Waals surface area contributed by atoms with Gasteiger partial charge in [-0.3, -0.25) is 4.99 Å². The Morgan fingerprint density at radius 1 is 1.44 bits per heavy atom. The Morgan fingerprint density at radius 3 is 2.84 bits per heavy atom. The molecule has 0 aromatic carbocycles. The molecule has 1 aromatic rings. The molecule has 5 nitrogen and oxygen atoms in total. The summed E-state index contributed by atoms with van der Waals surface area (Å²) in [7, 11) is 3.88.